The Hall–Kier alpha value is -3.07. The van der Waals surface area contributed by atoms with Gasteiger partial charge in [0.05, 0.1) is 0 Å². The predicted molar refractivity (Wildman–Crippen MR) is 137 cm³/mol. The van der Waals surface area contributed by atoms with Gasteiger partial charge in [-0.3, -0.25) is 0 Å². The van der Waals surface area contributed by atoms with Crippen molar-refractivity contribution < 1.29 is 9.53 Å². The van der Waals surface area contributed by atoms with Gasteiger partial charge < -0.3 is 9.64 Å². The number of carbonyl (C=O) groups excluding carboxylic acids is 1. The highest BCUT2D eigenvalue weighted by Gasteiger charge is 2.71. The number of allylic oxidation sites excluding steroid dienone is 3. The van der Waals surface area contributed by atoms with E-state index in [-0.39, 0.29) is 23.4 Å². The summed E-state index contributed by atoms with van der Waals surface area (Å²) in [5, 5.41) is 0. The van der Waals surface area contributed by atoms with Gasteiger partial charge in [0.15, 0.2) is 0 Å². The molecule has 0 N–H and O–H groups in total. The molecule has 0 spiro atoms. The van der Waals surface area contributed by atoms with Crippen LogP contribution in [-0.4, -0.2) is 13.0 Å². The topological polar surface area (TPSA) is 29.5 Å². The fourth-order valence-corrected chi connectivity index (χ4v) is 6.38. The zero-order valence-corrected chi connectivity index (χ0v) is 21.0. The third kappa shape index (κ3) is 2.98. The van der Waals surface area contributed by atoms with Crippen molar-refractivity contribution in [2.24, 2.45) is 16.2 Å². The molecule has 2 atom stereocenters. The molecule has 3 heteroatoms. The van der Waals surface area contributed by atoms with Gasteiger partial charge in [-0.2, -0.15) is 0 Å². The zero-order valence-electron chi connectivity index (χ0n) is 21.0. The van der Waals surface area contributed by atoms with Crippen molar-refractivity contribution in [1.82, 2.24) is 0 Å². The van der Waals surface area contributed by atoms with Crippen LogP contribution in [0.1, 0.15) is 52.7 Å². The second-order valence-corrected chi connectivity index (χ2v) is 10.3. The third-order valence-corrected chi connectivity index (χ3v) is 8.97. The van der Waals surface area contributed by atoms with Crippen molar-refractivity contribution in [3.63, 3.8) is 0 Å². The van der Waals surface area contributed by atoms with E-state index in [1.54, 1.807) is 0 Å². The van der Waals surface area contributed by atoms with Crippen molar-refractivity contribution in [1.29, 1.82) is 0 Å². The molecule has 0 fully saturated rings. The highest BCUT2D eigenvalue weighted by Crippen LogP contribution is 2.76. The van der Waals surface area contributed by atoms with Gasteiger partial charge >= 0.3 is 5.97 Å². The van der Waals surface area contributed by atoms with E-state index < -0.39 is 5.41 Å². The molecule has 0 aliphatic heterocycles. The molecule has 33 heavy (non-hydrogen) atoms. The Labute approximate surface area is 198 Å². The number of ether oxygens (including phenoxy) is 1. The Balaban J connectivity index is 1.72. The lowest BCUT2D eigenvalue weighted by Gasteiger charge is -2.44. The molecule has 2 aromatic rings. The molecule has 2 aromatic carbocycles. The lowest BCUT2D eigenvalue weighted by molar-refractivity contribution is -0.141. The van der Waals surface area contributed by atoms with Crippen molar-refractivity contribution >= 4 is 17.7 Å². The van der Waals surface area contributed by atoms with Gasteiger partial charge in [0, 0.05) is 34.8 Å². The van der Waals surface area contributed by atoms with Gasteiger partial charge in [-0.25, -0.2) is 4.79 Å². The molecular weight excluding hydrogens is 406 g/mol. The number of fused-ring (bicyclic) bond motifs is 2. The molecule has 2 bridgehead atoms. The molecule has 172 valence electrons. The average Bonchev–Trinajstić information content (AvgIpc) is 3.01. The average molecular weight is 442 g/mol. The first-order valence-electron chi connectivity index (χ1n) is 11.6. The molecule has 0 aromatic heterocycles. The number of anilines is 1. The number of hydrogen-bond donors (Lipinski definition) is 0. The number of esters is 1. The van der Waals surface area contributed by atoms with Crippen LogP contribution in [0.15, 0.2) is 83.6 Å². The summed E-state index contributed by atoms with van der Waals surface area (Å²) < 4.78 is 5.92. The Bertz CT molecular complexity index is 1170. The summed E-state index contributed by atoms with van der Waals surface area (Å²) >= 11 is 0. The van der Waals surface area contributed by atoms with E-state index in [2.05, 4.69) is 84.3 Å². The van der Waals surface area contributed by atoms with E-state index in [1.165, 1.54) is 11.3 Å². The van der Waals surface area contributed by atoms with E-state index in [0.717, 1.165) is 28.0 Å². The van der Waals surface area contributed by atoms with Crippen molar-refractivity contribution in [2.45, 2.75) is 48.1 Å². The van der Waals surface area contributed by atoms with E-state index in [4.69, 9.17) is 4.74 Å². The van der Waals surface area contributed by atoms with Gasteiger partial charge in [-0.15, -0.1) is 0 Å². The number of hydrogen-bond acceptors (Lipinski definition) is 3. The summed E-state index contributed by atoms with van der Waals surface area (Å²) in [6.45, 7) is 17.5. The summed E-state index contributed by atoms with van der Waals surface area (Å²) in [6, 6.07) is 18.3. The first kappa shape index (κ1) is 23.1. The quantitative estimate of drug-likeness (QED) is 0.445. The number of para-hydroxylation sites is 1. The summed E-state index contributed by atoms with van der Waals surface area (Å²) in [4.78, 5) is 15.9. The minimum atomic E-state index is -0.468. The van der Waals surface area contributed by atoms with Gasteiger partial charge in [0.1, 0.15) is 6.61 Å². The highest BCUT2D eigenvalue weighted by atomic mass is 16.5. The molecule has 0 saturated carbocycles. The number of nitrogens with zero attached hydrogens (tertiary/aromatic N) is 1. The van der Waals surface area contributed by atoms with Crippen molar-refractivity contribution in [3.8, 4) is 0 Å². The zero-order chi connectivity index (χ0) is 24.2. The molecule has 0 unspecified atom stereocenters. The van der Waals surface area contributed by atoms with Crippen LogP contribution >= 0.6 is 0 Å². The lowest BCUT2D eigenvalue weighted by Crippen LogP contribution is -2.42. The summed E-state index contributed by atoms with van der Waals surface area (Å²) in [6.07, 6.45) is 1.81. The first-order chi connectivity index (χ1) is 15.5. The molecule has 0 amide bonds. The van der Waals surface area contributed by atoms with E-state index in [9.17, 15) is 4.79 Å². The molecule has 0 saturated heterocycles. The fraction of sp³-hybridized carbons (Fsp3) is 0.367. The van der Waals surface area contributed by atoms with E-state index in [1.807, 2.05) is 36.4 Å². The Kier molecular flexibility index (Phi) is 5.43. The van der Waals surface area contributed by atoms with Crippen LogP contribution < -0.4 is 4.90 Å². The van der Waals surface area contributed by atoms with Gasteiger partial charge in [0.25, 0.3) is 0 Å². The summed E-state index contributed by atoms with van der Waals surface area (Å²) in [5.41, 5.74) is 6.74. The second kappa shape index (κ2) is 7.76. The molecule has 0 radical (unpaired) electrons. The summed E-state index contributed by atoms with van der Waals surface area (Å²) in [5.74, 6) is -0.217. The standard InChI is InChI=1S/C30H35NO2/c1-9-22-15-17-23(18-16-22)19-33-27(32)25-20(2)29(6)21(3)26(30(25,7)28(29,4)5)31(8)24-13-11-10-12-14-24/h9-18H,1,19H2,2-8H3/t29-,30+/m0/s1. The Morgan fingerprint density at radius 3 is 2.09 bits per heavy atom. The molecule has 2 aliphatic carbocycles. The largest absolute Gasteiger partial charge is 0.457 e. The van der Waals surface area contributed by atoms with Crippen LogP contribution in [0.2, 0.25) is 0 Å². The number of carbonyl (C=O) groups is 1. The van der Waals surface area contributed by atoms with Gasteiger partial charge in [-0.05, 0) is 55.0 Å². The summed E-state index contributed by atoms with van der Waals surface area (Å²) in [7, 11) is 2.11. The van der Waals surface area contributed by atoms with Crippen molar-refractivity contribution in [3.05, 3.63) is 94.7 Å². The highest BCUT2D eigenvalue weighted by molar-refractivity contribution is 5.95. The van der Waals surface area contributed by atoms with E-state index >= 15 is 0 Å². The molecule has 4 rings (SSSR count). The number of benzene rings is 2. The fourth-order valence-electron chi connectivity index (χ4n) is 6.38. The van der Waals surface area contributed by atoms with Crippen LogP contribution in [0.5, 0.6) is 0 Å². The maximum absolute atomic E-state index is 13.7. The Morgan fingerprint density at radius 2 is 1.55 bits per heavy atom. The van der Waals surface area contributed by atoms with Crippen LogP contribution in [0, 0.1) is 16.2 Å². The van der Waals surface area contributed by atoms with Gasteiger partial charge in [0.2, 0.25) is 0 Å². The molecule has 0 heterocycles. The van der Waals surface area contributed by atoms with E-state index in [0.29, 0.717) is 0 Å². The van der Waals surface area contributed by atoms with Gasteiger partial charge in [-0.1, -0.05) is 81.5 Å². The van der Waals surface area contributed by atoms with Crippen molar-refractivity contribution in [2.75, 3.05) is 11.9 Å². The SMILES string of the molecule is C=Cc1ccc(COC(=O)C2=C(C)[C@@]3(C)C(C)=C(N(C)c4ccccc4)[C@]2(C)C3(C)C)cc1. The number of rotatable bonds is 6. The third-order valence-electron chi connectivity index (χ3n) is 8.97. The maximum atomic E-state index is 13.7. The predicted octanol–water partition coefficient (Wildman–Crippen LogP) is 7.17. The monoisotopic (exact) mass is 441 g/mol. The lowest BCUT2D eigenvalue weighted by atomic mass is 9.60. The van der Waals surface area contributed by atoms with Crippen LogP contribution in [0.25, 0.3) is 6.08 Å². The minimum absolute atomic E-state index is 0.174. The van der Waals surface area contributed by atoms with Crippen LogP contribution in [0.3, 0.4) is 0 Å². The molecular formula is C30H35NO2. The molecule has 2 aliphatic rings. The first-order valence-corrected chi connectivity index (χ1v) is 11.6. The minimum Gasteiger partial charge on any atom is -0.457 e. The van der Waals surface area contributed by atoms with Crippen LogP contribution in [-0.2, 0) is 16.1 Å². The maximum Gasteiger partial charge on any atom is 0.335 e. The smallest absolute Gasteiger partial charge is 0.335 e. The second-order valence-electron chi connectivity index (χ2n) is 10.3. The molecule has 3 nitrogen and oxygen atoms in total. The van der Waals surface area contributed by atoms with Crippen LogP contribution in [0.4, 0.5) is 5.69 Å². The normalized spacial score (nSPS) is 25.4. The Morgan fingerprint density at radius 1 is 0.939 bits per heavy atom.